The zero-order valence-electron chi connectivity index (χ0n) is 16.7. The first-order valence-corrected chi connectivity index (χ1v) is 11.6. The molecular formula is C21H26N2O4S2. The van der Waals surface area contributed by atoms with Gasteiger partial charge in [-0.25, -0.2) is 9.78 Å². The van der Waals surface area contributed by atoms with Crippen molar-refractivity contribution >= 4 is 39.7 Å². The molecule has 156 valence electrons. The third-order valence-electron chi connectivity index (χ3n) is 5.34. The highest BCUT2D eigenvalue weighted by atomic mass is 32.1. The van der Waals surface area contributed by atoms with Crippen molar-refractivity contribution in [3.63, 3.8) is 0 Å². The lowest BCUT2D eigenvalue weighted by Gasteiger charge is -2.21. The number of allylic oxidation sites excluding steroid dienone is 1. The van der Waals surface area contributed by atoms with Gasteiger partial charge in [-0.3, -0.25) is 4.79 Å². The minimum atomic E-state index is -1.83. The molecule has 4 rings (SSSR count). The van der Waals surface area contributed by atoms with E-state index in [0.717, 1.165) is 59.3 Å². The molecule has 0 bridgehead atoms. The summed E-state index contributed by atoms with van der Waals surface area (Å²) >= 11 is 3.47. The van der Waals surface area contributed by atoms with Gasteiger partial charge in [0.05, 0.1) is 0 Å². The van der Waals surface area contributed by atoms with E-state index in [-0.39, 0.29) is 5.91 Å². The molecule has 1 amide bonds. The second-order valence-corrected chi connectivity index (χ2v) is 9.34. The summed E-state index contributed by atoms with van der Waals surface area (Å²) in [6.07, 6.45) is 8.02. The molecule has 2 aromatic heterocycles. The number of aromatic nitrogens is 1. The summed E-state index contributed by atoms with van der Waals surface area (Å²) in [5.74, 6) is 0.857. The van der Waals surface area contributed by atoms with Gasteiger partial charge in [0.1, 0.15) is 10.0 Å². The molecule has 0 aliphatic heterocycles. The monoisotopic (exact) mass is 434 g/mol. The van der Waals surface area contributed by atoms with Crippen LogP contribution in [0.25, 0.3) is 10.6 Å². The van der Waals surface area contributed by atoms with Gasteiger partial charge in [-0.15, -0.1) is 22.7 Å². The zero-order valence-corrected chi connectivity index (χ0v) is 18.3. The summed E-state index contributed by atoms with van der Waals surface area (Å²) in [5.41, 5.74) is 4.62. The molecular weight excluding hydrogens is 408 g/mol. The molecule has 8 heteroatoms. The van der Waals surface area contributed by atoms with Crippen molar-refractivity contribution in [2.75, 3.05) is 5.32 Å². The van der Waals surface area contributed by atoms with Crippen LogP contribution in [0.3, 0.4) is 0 Å². The van der Waals surface area contributed by atoms with E-state index >= 15 is 0 Å². The number of hydrogen-bond donors (Lipinski definition) is 3. The average molecular weight is 435 g/mol. The summed E-state index contributed by atoms with van der Waals surface area (Å²) in [4.78, 5) is 27.4. The minimum Gasteiger partial charge on any atom is -0.450 e. The number of amides is 1. The van der Waals surface area contributed by atoms with Crippen LogP contribution in [0.1, 0.15) is 55.2 Å². The summed E-state index contributed by atoms with van der Waals surface area (Å²) in [7, 11) is 0. The van der Waals surface area contributed by atoms with Gasteiger partial charge < -0.3 is 15.5 Å². The Kier molecular flexibility index (Phi) is 7.08. The molecule has 6 nitrogen and oxygen atoms in total. The Morgan fingerprint density at radius 1 is 1.31 bits per heavy atom. The second kappa shape index (κ2) is 9.54. The molecule has 0 aromatic carbocycles. The molecule has 0 spiro atoms. The van der Waals surface area contributed by atoms with Gasteiger partial charge >= 0.3 is 6.16 Å². The maximum atomic E-state index is 12.6. The van der Waals surface area contributed by atoms with Crippen LogP contribution in [0.5, 0.6) is 0 Å². The maximum absolute atomic E-state index is 12.6. The molecule has 1 atom stereocenters. The summed E-state index contributed by atoms with van der Waals surface area (Å²) in [6.45, 7) is 4.32. The van der Waals surface area contributed by atoms with E-state index in [9.17, 15) is 4.79 Å². The van der Waals surface area contributed by atoms with E-state index in [2.05, 4.69) is 23.7 Å². The third kappa shape index (κ3) is 5.25. The topological polar surface area (TPSA) is 99.5 Å². The largest absolute Gasteiger partial charge is 0.503 e. The van der Waals surface area contributed by atoms with Crippen molar-refractivity contribution in [1.29, 1.82) is 0 Å². The third-order valence-corrected chi connectivity index (χ3v) is 7.48. The van der Waals surface area contributed by atoms with E-state index in [1.807, 2.05) is 6.92 Å². The van der Waals surface area contributed by atoms with Crippen LogP contribution in [-0.4, -0.2) is 27.3 Å². The van der Waals surface area contributed by atoms with Crippen molar-refractivity contribution in [3.05, 3.63) is 33.2 Å². The number of carboxylic acid groups (broad SMARTS) is 2. The molecule has 3 N–H and O–H groups in total. The number of nitrogens with zero attached hydrogens (tertiary/aromatic N) is 1. The summed E-state index contributed by atoms with van der Waals surface area (Å²) in [6, 6.07) is 0. The van der Waals surface area contributed by atoms with Gasteiger partial charge in [0, 0.05) is 27.1 Å². The summed E-state index contributed by atoms with van der Waals surface area (Å²) in [5, 5.41) is 21.3. The molecule has 29 heavy (non-hydrogen) atoms. The smallest absolute Gasteiger partial charge is 0.450 e. The van der Waals surface area contributed by atoms with Gasteiger partial charge in [-0.05, 0) is 56.9 Å². The molecule has 2 heterocycles. The van der Waals surface area contributed by atoms with Crippen LogP contribution >= 0.6 is 22.7 Å². The minimum absolute atomic E-state index is 0.0812. The highest BCUT2D eigenvalue weighted by Gasteiger charge is 2.28. The van der Waals surface area contributed by atoms with E-state index in [0.29, 0.717) is 0 Å². The van der Waals surface area contributed by atoms with Crippen LogP contribution in [0, 0.1) is 12.8 Å². The fourth-order valence-corrected chi connectivity index (χ4v) is 6.14. The highest BCUT2D eigenvalue weighted by molar-refractivity contribution is 7.18. The number of fused-ring (bicyclic) bond motifs is 1. The van der Waals surface area contributed by atoms with E-state index < -0.39 is 6.16 Å². The Hall–Kier alpha value is -2.19. The maximum Gasteiger partial charge on any atom is 0.503 e. The van der Waals surface area contributed by atoms with Crippen LogP contribution in [0.15, 0.2) is 17.0 Å². The predicted octanol–water partition coefficient (Wildman–Crippen LogP) is 5.97. The Morgan fingerprint density at radius 2 is 2.07 bits per heavy atom. The van der Waals surface area contributed by atoms with Gasteiger partial charge in [-0.2, -0.15) is 0 Å². The second-order valence-electron chi connectivity index (χ2n) is 7.38. The number of nitrogens with one attached hydrogen (secondary N) is 1. The number of anilines is 1. The van der Waals surface area contributed by atoms with Gasteiger partial charge in [0.15, 0.2) is 0 Å². The van der Waals surface area contributed by atoms with Crippen molar-refractivity contribution in [1.82, 2.24) is 4.98 Å². The Morgan fingerprint density at radius 3 is 2.66 bits per heavy atom. The van der Waals surface area contributed by atoms with Crippen LogP contribution in [0.4, 0.5) is 9.80 Å². The normalized spacial score (nSPS) is 17.7. The number of hydrogen-bond acceptors (Lipinski definition) is 5. The van der Waals surface area contributed by atoms with E-state index in [4.69, 9.17) is 20.0 Å². The first kappa shape index (κ1) is 21.5. The Balaban J connectivity index is 0.000000552. The van der Waals surface area contributed by atoms with Gasteiger partial charge in [0.2, 0.25) is 0 Å². The van der Waals surface area contributed by atoms with Crippen molar-refractivity contribution in [2.24, 2.45) is 5.92 Å². The first-order chi connectivity index (χ1) is 13.9. The number of aryl methyl sites for hydroxylation is 1. The Labute approximate surface area is 178 Å². The molecule has 2 aromatic rings. The number of thiophene rings is 1. The van der Waals surface area contributed by atoms with Crippen LogP contribution < -0.4 is 5.32 Å². The number of thiazole rings is 1. The SMILES string of the molecule is CC[C@@H]1CCc2c(sc(NC(=O)C3=CCCC3)c2-c2nc(C)cs2)C1.O=C(O)O. The summed E-state index contributed by atoms with van der Waals surface area (Å²) < 4.78 is 0. The van der Waals surface area contributed by atoms with Crippen molar-refractivity contribution in [3.8, 4) is 10.6 Å². The first-order valence-electron chi connectivity index (χ1n) is 9.88. The molecule has 0 saturated carbocycles. The zero-order chi connectivity index (χ0) is 21.0. The van der Waals surface area contributed by atoms with Gasteiger partial charge in [0.25, 0.3) is 5.91 Å². The van der Waals surface area contributed by atoms with Crippen LogP contribution in [0.2, 0.25) is 0 Å². The van der Waals surface area contributed by atoms with Crippen LogP contribution in [-0.2, 0) is 17.6 Å². The van der Waals surface area contributed by atoms with Gasteiger partial charge in [-0.1, -0.05) is 19.4 Å². The number of carbonyl (C=O) groups excluding carboxylic acids is 1. The molecule has 0 radical (unpaired) electrons. The van der Waals surface area contributed by atoms with Crippen molar-refractivity contribution in [2.45, 2.75) is 58.8 Å². The number of carbonyl (C=O) groups is 2. The lowest BCUT2D eigenvalue weighted by molar-refractivity contribution is -0.112. The highest BCUT2D eigenvalue weighted by Crippen LogP contribution is 2.46. The molecule has 0 unspecified atom stereocenters. The lowest BCUT2D eigenvalue weighted by Crippen LogP contribution is -2.13. The lowest BCUT2D eigenvalue weighted by atomic mass is 9.86. The molecule has 2 aliphatic rings. The van der Waals surface area contributed by atoms with Crippen molar-refractivity contribution < 1.29 is 19.8 Å². The number of rotatable bonds is 4. The fraction of sp³-hybridized carbons (Fsp3) is 0.476. The fourth-order valence-electron chi connectivity index (χ4n) is 3.85. The standard InChI is InChI=1S/C20H24N2OS2.CH2O3/c1-3-13-8-9-15-16(10-13)25-20(17(15)19-21-12(2)11-24-19)22-18(23)14-6-4-5-7-14;2-1(3)4/h6,11,13H,3-5,7-10H2,1-2H3,(H,22,23);(H2,2,3,4)/t13-;/m1./s1. The quantitative estimate of drug-likeness (QED) is 0.551. The molecule has 0 saturated heterocycles. The molecule has 2 aliphatic carbocycles. The average Bonchev–Trinajstić information content (AvgIpc) is 3.39. The van der Waals surface area contributed by atoms with E-state index in [1.165, 1.54) is 28.8 Å². The predicted molar refractivity (Wildman–Crippen MR) is 117 cm³/mol. The molecule has 0 fully saturated rings. The Bertz CT molecular complexity index is 925. The van der Waals surface area contributed by atoms with E-state index in [1.54, 1.807) is 22.7 Å².